The number of nitrogen functional groups attached to an aromatic ring is 1. The highest BCUT2D eigenvalue weighted by Crippen LogP contribution is 2.23. The Morgan fingerprint density at radius 2 is 2.00 bits per heavy atom. The van der Waals surface area contributed by atoms with E-state index in [0.29, 0.717) is 6.54 Å². The van der Waals surface area contributed by atoms with E-state index in [1.54, 1.807) is 0 Å². The number of hydrogen-bond donors (Lipinski definition) is 3. The molecule has 1 aromatic rings. The normalized spacial score (nSPS) is 11.7. The molecule has 0 aliphatic heterocycles. The molecule has 1 aromatic carbocycles. The van der Waals surface area contributed by atoms with Crippen LogP contribution in [0.4, 0.5) is 15.8 Å². The number of rotatable bonds is 5. The molecule has 1 rings (SSSR count). The number of nitrogens with two attached hydrogens (primary N) is 2. The van der Waals surface area contributed by atoms with Gasteiger partial charge in [0.1, 0.15) is 5.82 Å². The highest BCUT2D eigenvalue weighted by Gasteiger charge is 2.21. The molecule has 0 aromatic heterocycles. The van der Waals surface area contributed by atoms with E-state index < -0.39 is 11.7 Å². The van der Waals surface area contributed by atoms with Gasteiger partial charge in [0.25, 0.3) is 5.91 Å². The van der Waals surface area contributed by atoms with Gasteiger partial charge in [0, 0.05) is 17.8 Å². The minimum atomic E-state index is -0.674. The van der Waals surface area contributed by atoms with Crippen LogP contribution < -0.4 is 16.8 Å². The van der Waals surface area contributed by atoms with E-state index in [-0.39, 0.29) is 22.5 Å². The Morgan fingerprint density at radius 3 is 2.47 bits per heavy atom. The molecule has 1 amide bonds. The predicted molar refractivity (Wildman–Crippen MR) is 75.6 cm³/mol. The van der Waals surface area contributed by atoms with E-state index in [2.05, 4.69) is 5.32 Å². The Bertz CT molecular complexity index is 486. The molecule has 0 aliphatic rings. The molecule has 0 atom stereocenters. The number of carbonyl (C=O) groups is 1. The van der Waals surface area contributed by atoms with Crippen molar-refractivity contribution >= 4 is 17.3 Å². The third kappa shape index (κ3) is 3.57. The van der Waals surface area contributed by atoms with Crippen LogP contribution in [0.1, 0.15) is 24.2 Å². The highest BCUT2D eigenvalue weighted by atomic mass is 19.1. The maximum Gasteiger partial charge on any atom is 0.250 e. The number of nitrogens with zero attached hydrogens (tertiary/aromatic N) is 1. The summed E-state index contributed by atoms with van der Waals surface area (Å²) in [4.78, 5) is 13.2. The van der Waals surface area contributed by atoms with Gasteiger partial charge in [-0.3, -0.25) is 4.79 Å². The van der Waals surface area contributed by atoms with Gasteiger partial charge in [-0.05, 0) is 40.1 Å². The SMILES string of the molecule is CN(C)C(C)(C)CNc1cc(C(N)=O)c(N)cc1F. The zero-order valence-corrected chi connectivity index (χ0v) is 11.7. The van der Waals surface area contributed by atoms with E-state index in [9.17, 15) is 9.18 Å². The minimum Gasteiger partial charge on any atom is -0.398 e. The molecule has 0 bridgehead atoms. The van der Waals surface area contributed by atoms with Crippen LogP contribution in [-0.4, -0.2) is 37.0 Å². The van der Waals surface area contributed by atoms with Crippen molar-refractivity contribution in [1.82, 2.24) is 4.90 Å². The van der Waals surface area contributed by atoms with Crippen molar-refractivity contribution in [2.45, 2.75) is 19.4 Å². The first-order valence-corrected chi connectivity index (χ1v) is 5.95. The van der Waals surface area contributed by atoms with Crippen molar-refractivity contribution in [3.05, 3.63) is 23.5 Å². The predicted octanol–water partition coefficient (Wildman–Crippen LogP) is 1.26. The van der Waals surface area contributed by atoms with E-state index in [1.807, 2.05) is 32.8 Å². The van der Waals surface area contributed by atoms with Crippen LogP contribution in [-0.2, 0) is 0 Å². The number of primary amides is 1. The van der Waals surface area contributed by atoms with E-state index in [4.69, 9.17) is 11.5 Å². The summed E-state index contributed by atoms with van der Waals surface area (Å²) in [6, 6.07) is 2.45. The van der Waals surface area contributed by atoms with Crippen molar-refractivity contribution in [3.63, 3.8) is 0 Å². The summed E-state index contributed by atoms with van der Waals surface area (Å²) in [7, 11) is 3.88. The topological polar surface area (TPSA) is 84.4 Å². The molecule has 5 N–H and O–H groups in total. The molecule has 106 valence electrons. The Kier molecular flexibility index (Phi) is 4.36. The van der Waals surface area contributed by atoms with Crippen LogP contribution in [0.25, 0.3) is 0 Å². The van der Waals surface area contributed by atoms with Gasteiger partial charge in [-0.1, -0.05) is 0 Å². The van der Waals surface area contributed by atoms with E-state index in [0.717, 1.165) is 6.07 Å². The summed E-state index contributed by atoms with van der Waals surface area (Å²) < 4.78 is 13.8. The van der Waals surface area contributed by atoms with Gasteiger partial charge in [-0.15, -0.1) is 0 Å². The van der Waals surface area contributed by atoms with Gasteiger partial charge in [0.05, 0.1) is 11.3 Å². The van der Waals surface area contributed by atoms with Crippen LogP contribution in [0, 0.1) is 5.82 Å². The van der Waals surface area contributed by atoms with Crippen LogP contribution >= 0.6 is 0 Å². The van der Waals surface area contributed by atoms with Crippen molar-refractivity contribution in [2.24, 2.45) is 5.73 Å². The number of halogens is 1. The third-order valence-corrected chi connectivity index (χ3v) is 3.33. The van der Waals surface area contributed by atoms with Gasteiger partial charge >= 0.3 is 0 Å². The van der Waals surface area contributed by atoms with E-state index in [1.165, 1.54) is 6.07 Å². The Morgan fingerprint density at radius 1 is 1.42 bits per heavy atom. The fourth-order valence-electron chi connectivity index (χ4n) is 1.41. The number of likely N-dealkylation sites (N-methyl/N-ethyl adjacent to an activating group) is 1. The molecule has 0 spiro atoms. The third-order valence-electron chi connectivity index (χ3n) is 3.33. The Labute approximate surface area is 112 Å². The highest BCUT2D eigenvalue weighted by molar-refractivity contribution is 5.99. The van der Waals surface area contributed by atoms with Gasteiger partial charge in [0.2, 0.25) is 0 Å². The van der Waals surface area contributed by atoms with Crippen molar-refractivity contribution < 1.29 is 9.18 Å². The molecule has 19 heavy (non-hydrogen) atoms. The summed E-state index contributed by atoms with van der Waals surface area (Å²) >= 11 is 0. The second kappa shape index (κ2) is 5.44. The first-order chi connectivity index (χ1) is 8.65. The summed E-state index contributed by atoms with van der Waals surface area (Å²) in [5.41, 5.74) is 10.9. The molecule has 0 saturated heterocycles. The Balaban J connectivity index is 2.96. The number of anilines is 2. The average Bonchev–Trinajstić information content (AvgIpc) is 2.27. The fourth-order valence-corrected chi connectivity index (χ4v) is 1.41. The quantitative estimate of drug-likeness (QED) is 0.702. The molecule has 0 aliphatic carbocycles. The maximum absolute atomic E-state index is 13.8. The molecular formula is C13H21FN4O. The fraction of sp³-hybridized carbons (Fsp3) is 0.462. The molecule has 6 heteroatoms. The summed E-state index contributed by atoms with van der Waals surface area (Å²) in [6.07, 6.45) is 0. The number of amides is 1. The standard InChI is InChI=1S/C13H21FN4O/c1-13(2,18(3)4)7-17-11-5-8(12(16)19)10(15)6-9(11)14/h5-6,17H,7,15H2,1-4H3,(H2,16,19). The van der Waals surface area contributed by atoms with Gasteiger partial charge in [-0.2, -0.15) is 0 Å². The van der Waals surface area contributed by atoms with Crippen LogP contribution in [0.15, 0.2) is 12.1 Å². The Hall–Kier alpha value is -1.82. The monoisotopic (exact) mass is 268 g/mol. The molecule has 0 saturated carbocycles. The van der Waals surface area contributed by atoms with Crippen LogP contribution in [0.2, 0.25) is 0 Å². The lowest BCUT2D eigenvalue weighted by molar-refractivity contribution is 0.100. The van der Waals surface area contributed by atoms with Gasteiger partial charge in [-0.25, -0.2) is 4.39 Å². The van der Waals surface area contributed by atoms with E-state index >= 15 is 0 Å². The minimum absolute atomic E-state index is 0.0439. The van der Waals surface area contributed by atoms with Gasteiger partial charge < -0.3 is 21.7 Å². The first-order valence-electron chi connectivity index (χ1n) is 5.95. The van der Waals surface area contributed by atoms with Gasteiger partial charge in [0.15, 0.2) is 0 Å². The second-order valence-corrected chi connectivity index (χ2v) is 5.34. The molecule has 0 heterocycles. The second-order valence-electron chi connectivity index (χ2n) is 5.34. The zero-order valence-electron chi connectivity index (χ0n) is 11.7. The number of nitrogens with one attached hydrogen (secondary N) is 1. The largest absolute Gasteiger partial charge is 0.398 e. The van der Waals surface area contributed by atoms with Crippen LogP contribution in [0.3, 0.4) is 0 Å². The molecular weight excluding hydrogens is 247 g/mol. The smallest absolute Gasteiger partial charge is 0.250 e. The average molecular weight is 268 g/mol. The summed E-state index contributed by atoms with van der Waals surface area (Å²) in [6.45, 7) is 4.55. The molecule has 5 nitrogen and oxygen atoms in total. The summed E-state index contributed by atoms with van der Waals surface area (Å²) in [5.74, 6) is -1.18. The lowest BCUT2D eigenvalue weighted by atomic mass is 10.0. The molecule has 0 fully saturated rings. The van der Waals surface area contributed by atoms with Crippen LogP contribution in [0.5, 0.6) is 0 Å². The molecule has 0 radical (unpaired) electrons. The number of hydrogen-bond acceptors (Lipinski definition) is 4. The zero-order chi connectivity index (χ0) is 14.8. The van der Waals surface area contributed by atoms with Crippen molar-refractivity contribution in [1.29, 1.82) is 0 Å². The number of benzene rings is 1. The molecule has 0 unspecified atom stereocenters. The first kappa shape index (κ1) is 15.2. The lowest BCUT2D eigenvalue weighted by Gasteiger charge is -2.33. The number of carbonyl (C=O) groups excluding carboxylic acids is 1. The lowest BCUT2D eigenvalue weighted by Crippen LogP contribution is -2.44. The van der Waals surface area contributed by atoms with Crippen molar-refractivity contribution in [3.8, 4) is 0 Å². The van der Waals surface area contributed by atoms with Crippen molar-refractivity contribution in [2.75, 3.05) is 31.7 Å². The maximum atomic E-state index is 13.8. The summed E-state index contributed by atoms with van der Waals surface area (Å²) in [5, 5.41) is 2.98.